The number of aliphatic carboxylic acids is 1. The van der Waals surface area contributed by atoms with Crippen LogP contribution in [0.2, 0.25) is 0 Å². The number of methoxy groups -OCH3 is 1. The monoisotopic (exact) mass is 404 g/mol. The van der Waals surface area contributed by atoms with Gasteiger partial charge >= 0.3 is 5.97 Å². The van der Waals surface area contributed by atoms with Gasteiger partial charge < -0.3 is 14.6 Å². The third-order valence-electron chi connectivity index (χ3n) is 4.83. The molecule has 0 bridgehead atoms. The van der Waals surface area contributed by atoms with Gasteiger partial charge in [0.05, 0.1) is 7.11 Å². The highest BCUT2D eigenvalue weighted by Gasteiger charge is 2.24. The van der Waals surface area contributed by atoms with Gasteiger partial charge in [-0.25, -0.2) is 0 Å². The first-order valence-corrected chi connectivity index (χ1v) is 9.73. The van der Waals surface area contributed by atoms with Gasteiger partial charge in [0.2, 0.25) is 0 Å². The van der Waals surface area contributed by atoms with Gasteiger partial charge in [0.25, 0.3) is 0 Å². The lowest BCUT2D eigenvalue weighted by Gasteiger charge is -2.17. The molecule has 1 atom stereocenters. The van der Waals surface area contributed by atoms with Crippen LogP contribution < -0.4 is 9.47 Å². The van der Waals surface area contributed by atoms with E-state index in [0.29, 0.717) is 23.7 Å². The van der Waals surface area contributed by atoms with Crippen molar-refractivity contribution in [3.63, 3.8) is 0 Å². The predicted molar refractivity (Wildman–Crippen MR) is 114 cm³/mol. The third kappa shape index (κ3) is 5.70. The third-order valence-corrected chi connectivity index (χ3v) is 4.83. The van der Waals surface area contributed by atoms with Crippen LogP contribution in [0.25, 0.3) is 0 Å². The molecule has 0 aromatic heterocycles. The molecular weight excluding hydrogens is 380 g/mol. The van der Waals surface area contributed by atoms with Crippen LogP contribution in [-0.2, 0) is 11.4 Å². The van der Waals surface area contributed by atoms with Gasteiger partial charge in [-0.05, 0) is 41.8 Å². The molecule has 0 radical (unpaired) electrons. The van der Waals surface area contributed by atoms with Gasteiger partial charge in [0.15, 0.2) is 5.78 Å². The van der Waals surface area contributed by atoms with Crippen LogP contribution in [0.15, 0.2) is 78.9 Å². The summed E-state index contributed by atoms with van der Waals surface area (Å²) >= 11 is 0. The molecule has 0 fully saturated rings. The van der Waals surface area contributed by atoms with Crippen molar-refractivity contribution in [1.82, 2.24) is 0 Å². The zero-order chi connectivity index (χ0) is 21.3. The van der Waals surface area contributed by atoms with Crippen LogP contribution in [-0.4, -0.2) is 24.0 Å². The Hall–Kier alpha value is -3.60. The van der Waals surface area contributed by atoms with Crippen LogP contribution in [0, 0.1) is 0 Å². The highest BCUT2D eigenvalue weighted by Crippen LogP contribution is 2.29. The summed E-state index contributed by atoms with van der Waals surface area (Å²) in [6, 6.07) is 24.0. The standard InChI is InChI=1S/C25H24O5/c1-29-21-11-5-9-19(15-21)23(13-14-24(26)27)25(28)20-10-6-12-22(16-20)30-17-18-7-3-2-4-8-18/h2-12,15-16,23H,13-14,17H2,1H3,(H,26,27)/t23-/m0/s1. The van der Waals surface area contributed by atoms with E-state index in [0.717, 1.165) is 11.1 Å². The van der Waals surface area contributed by atoms with E-state index in [2.05, 4.69) is 0 Å². The van der Waals surface area contributed by atoms with Crippen LogP contribution >= 0.6 is 0 Å². The molecule has 3 aromatic carbocycles. The van der Waals surface area contributed by atoms with Gasteiger partial charge in [-0.3, -0.25) is 9.59 Å². The van der Waals surface area contributed by atoms with E-state index in [1.807, 2.05) is 36.4 Å². The second-order valence-electron chi connectivity index (χ2n) is 6.93. The average Bonchev–Trinajstić information content (AvgIpc) is 2.78. The fourth-order valence-corrected chi connectivity index (χ4v) is 3.26. The highest BCUT2D eigenvalue weighted by atomic mass is 16.5. The smallest absolute Gasteiger partial charge is 0.303 e. The molecule has 5 heteroatoms. The van der Waals surface area contributed by atoms with Crippen LogP contribution in [0.1, 0.15) is 40.2 Å². The topological polar surface area (TPSA) is 72.8 Å². The highest BCUT2D eigenvalue weighted by molar-refractivity contribution is 6.01. The number of hydrogen-bond donors (Lipinski definition) is 1. The molecule has 0 heterocycles. The van der Waals surface area contributed by atoms with E-state index >= 15 is 0 Å². The lowest BCUT2D eigenvalue weighted by atomic mass is 9.87. The minimum Gasteiger partial charge on any atom is -0.497 e. The molecule has 0 amide bonds. The molecule has 3 rings (SSSR count). The first kappa shape index (κ1) is 21.1. The molecule has 5 nitrogen and oxygen atoms in total. The number of benzene rings is 3. The number of ether oxygens (including phenoxy) is 2. The number of rotatable bonds is 10. The van der Waals surface area contributed by atoms with Crippen molar-refractivity contribution in [2.24, 2.45) is 0 Å². The largest absolute Gasteiger partial charge is 0.497 e. The summed E-state index contributed by atoms with van der Waals surface area (Å²) in [7, 11) is 1.56. The van der Waals surface area contributed by atoms with E-state index in [9.17, 15) is 9.59 Å². The normalized spacial score (nSPS) is 11.5. The van der Waals surface area contributed by atoms with Crippen molar-refractivity contribution < 1.29 is 24.2 Å². The molecule has 30 heavy (non-hydrogen) atoms. The summed E-state index contributed by atoms with van der Waals surface area (Å²) in [6.45, 7) is 0.400. The van der Waals surface area contributed by atoms with Crippen LogP contribution in [0.4, 0.5) is 0 Å². The van der Waals surface area contributed by atoms with Gasteiger partial charge in [-0.2, -0.15) is 0 Å². The summed E-state index contributed by atoms with van der Waals surface area (Å²) in [5, 5.41) is 9.13. The van der Waals surface area contributed by atoms with Crippen molar-refractivity contribution in [3.05, 3.63) is 95.6 Å². The lowest BCUT2D eigenvalue weighted by Crippen LogP contribution is -2.15. The number of carbonyl (C=O) groups excluding carboxylic acids is 1. The number of hydrogen-bond acceptors (Lipinski definition) is 4. The second-order valence-corrected chi connectivity index (χ2v) is 6.93. The average molecular weight is 404 g/mol. The molecule has 3 aromatic rings. The summed E-state index contributed by atoms with van der Waals surface area (Å²) in [6.07, 6.45) is 0.105. The number of carboxylic acids is 1. The Kier molecular flexibility index (Phi) is 7.22. The molecular formula is C25H24O5. The van der Waals surface area contributed by atoms with Crippen molar-refractivity contribution in [1.29, 1.82) is 0 Å². The van der Waals surface area contributed by atoms with E-state index in [4.69, 9.17) is 14.6 Å². The van der Waals surface area contributed by atoms with Gasteiger partial charge in [0.1, 0.15) is 18.1 Å². The minimum absolute atomic E-state index is 0.0994. The fourth-order valence-electron chi connectivity index (χ4n) is 3.26. The first-order valence-electron chi connectivity index (χ1n) is 9.73. The fraction of sp³-hybridized carbons (Fsp3) is 0.200. The summed E-state index contributed by atoms with van der Waals surface area (Å²) < 4.78 is 11.1. The quantitative estimate of drug-likeness (QED) is 0.476. The number of carboxylic acid groups (broad SMARTS) is 1. The van der Waals surface area contributed by atoms with E-state index in [1.54, 1.807) is 49.6 Å². The Balaban J connectivity index is 1.81. The molecule has 0 saturated carbocycles. The van der Waals surface area contributed by atoms with E-state index < -0.39 is 11.9 Å². The Morgan fingerprint density at radius 3 is 2.37 bits per heavy atom. The molecule has 0 aliphatic carbocycles. The Labute approximate surface area is 175 Å². The van der Waals surface area contributed by atoms with Gasteiger partial charge in [-0.1, -0.05) is 54.6 Å². The number of Topliss-reactive ketones (excluding diaryl/α,β-unsaturated/α-hetero) is 1. The molecule has 0 saturated heterocycles. The van der Waals surface area contributed by atoms with Crippen LogP contribution in [0.5, 0.6) is 11.5 Å². The molecule has 154 valence electrons. The maximum Gasteiger partial charge on any atom is 0.303 e. The zero-order valence-electron chi connectivity index (χ0n) is 16.8. The first-order chi connectivity index (χ1) is 14.6. The second kappa shape index (κ2) is 10.3. The SMILES string of the molecule is COc1cccc([C@H](CCC(=O)O)C(=O)c2cccc(OCc3ccccc3)c2)c1. The van der Waals surface area contributed by atoms with Crippen LogP contribution in [0.3, 0.4) is 0 Å². The minimum atomic E-state index is -0.935. The summed E-state index contributed by atoms with van der Waals surface area (Å²) in [4.78, 5) is 24.4. The van der Waals surface area contributed by atoms with E-state index in [-0.39, 0.29) is 18.6 Å². The lowest BCUT2D eigenvalue weighted by molar-refractivity contribution is -0.137. The Morgan fingerprint density at radius 1 is 0.900 bits per heavy atom. The number of carbonyl (C=O) groups is 2. The molecule has 0 aliphatic heterocycles. The maximum atomic E-state index is 13.3. The van der Waals surface area contributed by atoms with Crippen molar-refractivity contribution in [2.45, 2.75) is 25.4 Å². The predicted octanol–water partition coefficient (Wildman–Crippen LogP) is 5.11. The van der Waals surface area contributed by atoms with Gasteiger partial charge in [0, 0.05) is 17.9 Å². The van der Waals surface area contributed by atoms with Crippen molar-refractivity contribution >= 4 is 11.8 Å². The molecule has 0 aliphatic rings. The zero-order valence-corrected chi connectivity index (χ0v) is 16.8. The number of ketones is 1. The Morgan fingerprint density at radius 2 is 1.63 bits per heavy atom. The van der Waals surface area contributed by atoms with Gasteiger partial charge in [-0.15, -0.1) is 0 Å². The molecule has 1 N–H and O–H groups in total. The molecule has 0 spiro atoms. The van der Waals surface area contributed by atoms with E-state index in [1.165, 1.54) is 0 Å². The Bertz CT molecular complexity index is 997. The summed E-state index contributed by atoms with van der Waals surface area (Å²) in [5.74, 6) is -0.446. The summed E-state index contributed by atoms with van der Waals surface area (Å²) in [5.41, 5.74) is 2.25. The maximum absolute atomic E-state index is 13.3. The van der Waals surface area contributed by atoms with Crippen molar-refractivity contribution in [3.8, 4) is 11.5 Å². The van der Waals surface area contributed by atoms with Crippen molar-refractivity contribution in [2.75, 3.05) is 7.11 Å². The molecule has 0 unspecified atom stereocenters.